The minimum absolute atomic E-state index is 0.613. The maximum Gasteiger partial charge on any atom is 0.194 e. The van der Waals surface area contributed by atoms with Crippen molar-refractivity contribution in [3.05, 3.63) is 23.8 Å². The maximum atomic E-state index is 5.40. The Bertz CT molecular complexity index is 585. The van der Waals surface area contributed by atoms with E-state index in [4.69, 9.17) is 4.74 Å². The van der Waals surface area contributed by atoms with Crippen LogP contribution in [-0.2, 0) is 0 Å². The minimum atomic E-state index is 0.613. The molecule has 0 atom stereocenters. The molecular formula is C13H17N5OS. The van der Waals surface area contributed by atoms with Gasteiger partial charge in [0.1, 0.15) is 6.33 Å². The Morgan fingerprint density at radius 1 is 1.20 bits per heavy atom. The molecule has 2 rings (SSSR count). The molecule has 2 heterocycles. The number of hydrogen-bond acceptors (Lipinski definition) is 7. The van der Waals surface area contributed by atoms with Crippen LogP contribution in [0.15, 0.2) is 22.6 Å². The van der Waals surface area contributed by atoms with Gasteiger partial charge >= 0.3 is 0 Å². The number of ether oxygens (including phenoxy) is 1. The smallest absolute Gasteiger partial charge is 0.194 e. The van der Waals surface area contributed by atoms with Crippen LogP contribution in [0.1, 0.15) is 18.3 Å². The van der Waals surface area contributed by atoms with Gasteiger partial charge in [0.25, 0.3) is 0 Å². The fraction of sp³-hybridized carbons (Fsp3) is 0.385. The Balaban J connectivity index is 2.35. The lowest BCUT2D eigenvalue weighted by Crippen LogP contribution is -2.04. The van der Waals surface area contributed by atoms with Crippen LogP contribution < -0.4 is 10.1 Å². The monoisotopic (exact) mass is 291 g/mol. The second kappa shape index (κ2) is 6.51. The van der Waals surface area contributed by atoms with E-state index in [0.717, 1.165) is 17.9 Å². The third-order valence-corrected chi connectivity index (χ3v) is 3.32. The van der Waals surface area contributed by atoms with Gasteiger partial charge in [0.15, 0.2) is 21.7 Å². The zero-order valence-electron chi connectivity index (χ0n) is 12.0. The van der Waals surface area contributed by atoms with Gasteiger partial charge in [-0.2, -0.15) is 0 Å². The number of nitrogens with zero attached hydrogens (tertiary/aromatic N) is 4. The van der Waals surface area contributed by atoms with Crippen LogP contribution in [0.5, 0.6) is 5.75 Å². The van der Waals surface area contributed by atoms with Gasteiger partial charge in [-0.1, -0.05) is 0 Å². The fourth-order valence-corrected chi connectivity index (χ4v) is 2.66. The van der Waals surface area contributed by atoms with Crippen LogP contribution in [0.3, 0.4) is 0 Å². The van der Waals surface area contributed by atoms with Crippen LogP contribution in [0.25, 0.3) is 0 Å². The van der Waals surface area contributed by atoms with Crippen molar-refractivity contribution in [3.8, 4) is 5.75 Å². The van der Waals surface area contributed by atoms with E-state index in [2.05, 4.69) is 25.3 Å². The molecule has 2 aromatic rings. The number of aromatic nitrogens is 4. The van der Waals surface area contributed by atoms with Crippen molar-refractivity contribution in [2.24, 2.45) is 0 Å². The van der Waals surface area contributed by atoms with Gasteiger partial charge in [-0.05, 0) is 38.6 Å². The first-order valence-corrected chi connectivity index (χ1v) is 7.08. The zero-order valence-corrected chi connectivity index (χ0v) is 12.8. The molecule has 1 N–H and O–H groups in total. The van der Waals surface area contributed by atoms with Crippen molar-refractivity contribution < 1.29 is 4.74 Å². The first kappa shape index (κ1) is 14.5. The molecule has 0 amide bonds. The van der Waals surface area contributed by atoms with E-state index < -0.39 is 0 Å². The van der Waals surface area contributed by atoms with Crippen LogP contribution in [0, 0.1) is 13.8 Å². The number of rotatable bonds is 5. The van der Waals surface area contributed by atoms with E-state index in [1.807, 2.05) is 26.8 Å². The average molecular weight is 291 g/mol. The van der Waals surface area contributed by atoms with E-state index in [0.29, 0.717) is 21.7 Å². The molecule has 0 spiro atoms. The fourth-order valence-electron chi connectivity index (χ4n) is 1.73. The summed E-state index contributed by atoms with van der Waals surface area (Å²) in [7, 11) is 1.60. The molecule has 0 aromatic carbocycles. The Kier molecular flexibility index (Phi) is 4.73. The molecule has 7 heteroatoms. The summed E-state index contributed by atoms with van der Waals surface area (Å²) in [6.07, 6.45) is 1.51. The second-order valence-corrected chi connectivity index (χ2v) is 5.08. The van der Waals surface area contributed by atoms with Crippen molar-refractivity contribution >= 4 is 17.6 Å². The molecule has 0 radical (unpaired) electrons. The maximum absolute atomic E-state index is 5.40. The largest absolute Gasteiger partial charge is 0.490 e. The van der Waals surface area contributed by atoms with E-state index in [1.165, 1.54) is 18.1 Å². The normalized spacial score (nSPS) is 10.4. The zero-order chi connectivity index (χ0) is 14.5. The van der Waals surface area contributed by atoms with Crippen molar-refractivity contribution in [1.82, 2.24) is 19.9 Å². The SMILES string of the molecule is CCNc1ncnc(Sc2nc(C)cc(C)n2)c1OC. The number of hydrogen-bond donors (Lipinski definition) is 1. The molecule has 0 aliphatic heterocycles. The van der Waals surface area contributed by atoms with E-state index >= 15 is 0 Å². The molecule has 0 fully saturated rings. The highest BCUT2D eigenvalue weighted by molar-refractivity contribution is 7.99. The van der Waals surface area contributed by atoms with Gasteiger partial charge < -0.3 is 10.1 Å². The number of anilines is 1. The summed E-state index contributed by atoms with van der Waals surface area (Å²) in [6, 6.07) is 1.94. The number of nitrogens with one attached hydrogen (secondary N) is 1. The topological polar surface area (TPSA) is 72.8 Å². The third kappa shape index (κ3) is 3.36. The van der Waals surface area contributed by atoms with E-state index in [1.54, 1.807) is 7.11 Å². The second-order valence-electron chi connectivity index (χ2n) is 4.13. The number of aryl methyl sites for hydroxylation is 2. The van der Waals surface area contributed by atoms with Gasteiger partial charge in [-0.3, -0.25) is 0 Å². The molecule has 6 nitrogen and oxygen atoms in total. The summed E-state index contributed by atoms with van der Waals surface area (Å²) in [5.41, 5.74) is 1.86. The van der Waals surface area contributed by atoms with Crippen molar-refractivity contribution in [3.63, 3.8) is 0 Å². The van der Waals surface area contributed by atoms with Crippen LogP contribution in [0.2, 0.25) is 0 Å². The van der Waals surface area contributed by atoms with Gasteiger partial charge in [0.05, 0.1) is 7.11 Å². The third-order valence-electron chi connectivity index (χ3n) is 2.47. The minimum Gasteiger partial charge on any atom is -0.490 e. The predicted molar refractivity (Wildman–Crippen MR) is 78.4 cm³/mol. The van der Waals surface area contributed by atoms with Crippen molar-refractivity contribution in [2.75, 3.05) is 19.0 Å². The summed E-state index contributed by atoms with van der Waals surface area (Å²) in [4.78, 5) is 17.2. The van der Waals surface area contributed by atoms with Gasteiger partial charge in [0.2, 0.25) is 0 Å². The van der Waals surface area contributed by atoms with Gasteiger partial charge in [-0.25, -0.2) is 19.9 Å². The highest BCUT2D eigenvalue weighted by atomic mass is 32.2. The van der Waals surface area contributed by atoms with E-state index in [9.17, 15) is 0 Å². The van der Waals surface area contributed by atoms with Crippen LogP contribution in [0.4, 0.5) is 5.82 Å². The van der Waals surface area contributed by atoms with E-state index in [-0.39, 0.29) is 0 Å². The summed E-state index contributed by atoms with van der Waals surface area (Å²) in [6.45, 7) is 6.65. The average Bonchev–Trinajstić information content (AvgIpc) is 2.38. The predicted octanol–water partition coefficient (Wildman–Crippen LogP) is 2.48. The summed E-state index contributed by atoms with van der Waals surface area (Å²) in [5.74, 6) is 1.29. The molecule has 0 saturated carbocycles. The molecule has 2 aromatic heterocycles. The highest BCUT2D eigenvalue weighted by Crippen LogP contribution is 2.35. The molecular weight excluding hydrogens is 274 g/mol. The standard InChI is InChI=1S/C13H17N5OS/c1-5-14-11-10(19-4)12(16-7-15-11)20-13-17-8(2)6-9(3)18-13/h6-7H,5H2,1-4H3,(H,14,15,16). The Labute approximate surface area is 122 Å². The molecule has 0 bridgehead atoms. The molecule has 20 heavy (non-hydrogen) atoms. The molecule has 0 aliphatic carbocycles. The number of methoxy groups -OCH3 is 1. The summed E-state index contributed by atoms with van der Waals surface area (Å²) in [5, 5.41) is 4.50. The lowest BCUT2D eigenvalue weighted by Gasteiger charge is -2.11. The van der Waals surface area contributed by atoms with Gasteiger partial charge in [0, 0.05) is 17.9 Å². The van der Waals surface area contributed by atoms with Crippen molar-refractivity contribution in [2.45, 2.75) is 31.0 Å². The summed E-state index contributed by atoms with van der Waals surface area (Å²) >= 11 is 1.37. The quantitative estimate of drug-likeness (QED) is 0.670. The van der Waals surface area contributed by atoms with Crippen LogP contribution >= 0.6 is 11.8 Å². The summed E-state index contributed by atoms with van der Waals surface area (Å²) < 4.78 is 5.40. The Morgan fingerprint density at radius 3 is 2.50 bits per heavy atom. The lowest BCUT2D eigenvalue weighted by molar-refractivity contribution is 0.400. The molecule has 106 valence electrons. The highest BCUT2D eigenvalue weighted by Gasteiger charge is 2.14. The molecule has 0 aliphatic rings. The first-order chi connectivity index (χ1) is 9.63. The van der Waals surface area contributed by atoms with Crippen molar-refractivity contribution in [1.29, 1.82) is 0 Å². The Hall–Kier alpha value is -1.89. The lowest BCUT2D eigenvalue weighted by atomic mass is 10.4. The Morgan fingerprint density at radius 2 is 1.90 bits per heavy atom. The van der Waals surface area contributed by atoms with Gasteiger partial charge in [-0.15, -0.1) is 0 Å². The van der Waals surface area contributed by atoms with Crippen LogP contribution in [-0.4, -0.2) is 33.6 Å². The molecule has 0 saturated heterocycles. The molecule has 0 unspecified atom stereocenters. The first-order valence-electron chi connectivity index (χ1n) is 6.27.